The highest BCUT2D eigenvalue weighted by Crippen LogP contribution is 2.33. The van der Waals surface area contributed by atoms with E-state index in [1.54, 1.807) is 0 Å². The zero-order valence-corrected chi connectivity index (χ0v) is 10.9. The van der Waals surface area contributed by atoms with Crippen molar-refractivity contribution in [2.45, 2.75) is 31.2 Å². The second-order valence-electron chi connectivity index (χ2n) is 4.88. The van der Waals surface area contributed by atoms with Gasteiger partial charge < -0.3 is 30.4 Å². The Morgan fingerprint density at radius 1 is 1.33 bits per heavy atom. The van der Waals surface area contributed by atoms with Crippen LogP contribution in [0.15, 0.2) is 12.5 Å². The van der Waals surface area contributed by atoms with Crippen molar-refractivity contribution in [3.63, 3.8) is 0 Å². The average Bonchev–Trinajstić information content (AvgIpc) is 3.04. The molecular weight excluding hydrogens is 283 g/mol. The molecule has 0 unspecified atom stereocenters. The lowest BCUT2D eigenvalue weighted by atomic mass is 10.1. The number of pyridine rings is 1. The molecule has 2 aromatic heterocycles. The second kappa shape index (κ2) is 5.19. The van der Waals surface area contributed by atoms with Gasteiger partial charge in [0.15, 0.2) is 12.0 Å². The minimum atomic E-state index is -1.28. The molecule has 8 nitrogen and oxygen atoms in total. The molecule has 1 fully saturated rings. The first kappa shape index (κ1) is 14.1. The molecule has 0 bridgehead atoms. The Morgan fingerprint density at radius 3 is 2.71 bits per heavy atom. The third-order valence-electron chi connectivity index (χ3n) is 3.64. The van der Waals surface area contributed by atoms with Crippen LogP contribution in [-0.4, -0.2) is 54.8 Å². The van der Waals surface area contributed by atoms with Crippen LogP contribution in [0.5, 0.6) is 0 Å². The minimum Gasteiger partial charge on any atom is -0.394 e. The van der Waals surface area contributed by atoms with E-state index < -0.39 is 37.8 Å². The Kier molecular flexibility index (Phi) is 3.49. The van der Waals surface area contributed by atoms with Crippen LogP contribution in [0.1, 0.15) is 11.8 Å². The summed E-state index contributed by atoms with van der Waals surface area (Å²) in [6.07, 6.45) is -1.81. The molecule has 0 spiro atoms. The molecule has 4 atom stereocenters. The van der Waals surface area contributed by atoms with Crippen LogP contribution in [0, 0.1) is 0 Å². The first-order valence-corrected chi connectivity index (χ1v) is 6.36. The second-order valence-corrected chi connectivity index (χ2v) is 4.88. The van der Waals surface area contributed by atoms with Gasteiger partial charge in [-0.25, -0.2) is 14.4 Å². The number of anilines is 1. The van der Waals surface area contributed by atoms with E-state index in [0.717, 1.165) is 0 Å². The molecule has 5 N–H and O–H groups in total. The fraction of sp³-hybridized carbons (Fsp3) is 0.500. The van der Waals surface area contributed by atoms with Crippen LogP contribution in [0.2, 0.25) is 0 Å². The van der Waals surface area contributed by atoms with Crippen LogP contribution in [0.4, 0.5) is 10.2 Å². The number of aliphatic hydroxyl groups excluding tert-OH is 3. The molecule has 0 aromatic carbocycles. The molecule has 0 aliphatic carbocycles. The Balaban J connectivity index is 2.11. The standard InChI is InChI=1S/C12H15FN4O4/c13-1-5-2-15-11(14)7-8(5)17(4-16-7)12-10(20)9(19)6(3-18)21-12/h2,4,6,9-10,12,18-20H,1,3H2,(H2,14,15)/t6-,9-,10-,12-/m1/s1. The summed E-state index contributed by atoms with van der Waals surface area (Å²) in [6.45, 7) is -1.23. The van der Waals surface area contributed by atoms with Crippen molar-refractivity contribution in [3.05, 3.63) is 18.1 Å². The summed E-state index contributed by atoms with van der Waals surface area (Å²) in [6, 6.07) is 0. The summed E-state index contributed by atoms with van der Waals surface area (Å²) in [5, 5.41) is 29.0. The number of rotatable bonds is 3. The van der Waals surface area contributed by atoms with Crippen LogP contribution in [-0.2, 0) is 11.4 Å². The molecule has 114 valence electrons. The molecule has 0 amide bonds. The largest absolute Gasteiger partial charge is 0.394 e. The van der Waals surface area contributed by atoms with Gasteiger partial charge in [-0.15, -0.1) is 0 Å². The predicted molar refractivity (Wildman–Crippen MR) is 69.8 cm³/mol. The van der Waals surface area contributed by atoms with Crippen LogP contribution >= 0.6 is 0 Å². The molecule has 9 heteroatoms. The van der Waals surface area contributed by atoms with Gasteiger partial charge in [0.05, 0.1) is 18.5 Å². The normalized spacial score (nSPS) is 29.3. The van der Waals surface area contributed by atoms with Gasteiger partial charge in [0.25, 0.3) is 0 Å². The lowest BCUT2D eigenvalue weighted by molar-refractivity contribution is -0.0509. The zero-order valence-electron chi connectivity index (χ0n) is 10.9. The van der Waals surface area contributed by atoms with Crippen molar-refractivity contribution in [3.8, 4) is 0 Å². The van der Waals surface area contributed by atoms with Crippen molar-refractivity contribution < 1.29 is 24.4 Å². The monoisotopic (exact) mass is 298 g/mol. The van der Waals surface area contributed by atoms with Gasteiger partial charge in [-0.3, -0.25) is 0 Å². The molecule has 1 saturated heterocycles. The third kappa shape index (κ3) is 2.05. The number of nitrogen functional groups attached to an aromatic ring is 1. The summed E-state index contributed by atoms with van der Waals surface area (Å²) < 4.78 is 19.9. The molecule has 0 radical (unpaired) electrons. The fourth-order valence-electron chi connectivity index (χ4n) is 2.54. The van der Waals surface area contributed by atoms with Crippen molar-refractivity contribution in [1.82, 2.24) is 14.5 Å². The summed E-state index contributed by atoms with van der Waals surface area (Å²) in [5.41, 5.74) is 6.59. The first-order valence-electron chi connectivity index (χ1n) is 6.36. The van der Waals surface area contributed by atoms with E-state index >= 15 is 0 Å². The molecule has 2 aromatic rings. The van der Waals surface area contributed by atoms with Gasteiger partial charge in [0, 0.05) is 11.8 Å². The Bertz CT molecular complexity index is 664. The van der Waals surface area contributed by atoms with Gasteiger partial charge in [-0.05, 0) is 0 Å². The molecular formula is C12H15FN4O4. The maximum absolute atomic E-state index is 13.1. The molecule has 1 aliphatic rings. The highest BCUT2D eigenvalue weighted by atomic mass is 19.1. The molecule has 21 heavy (non-hydrogen) atoms. The number of fused-ring (bicyclic) bond motifs is 1. The van der Waals surface area contributed by atoms with Gasteiger partial charge in [0.2, 0.25) is 0 Å². The lowest BCUT2D eigenvalue weighted by Crippen LogP contribution is -2.33. The van der Waals surface area contributed by atoms with Crippen LogP contribution in [0.3, 0.4) is 0 Å². The predicted octanol–water partition coefficient (Wildman–Crippen LogP) is -0.906. The van der Waals surface area contributed by atoms with Crippen molar-refractivity contribution in [2.24, 2.45) is 0 Å². The molecule has 3 heterocycles. The van der Waals surface area contributed by atoms with Crippen molar-refractivity contribution in [1.29, 1.82) is 0 Å². The number of imidazole rings is 1. The van der Waals surface area contributed by atoms with Gasteiger partial charge in [-0.2, -0.15) is 0 Å². The van der Waals surface area contributed by atoms with Gasteiger partial charge >= 0.3 is 0 Å². The van der Waals surface area contributed by atoms with Crippen molar-refractivity contribution in [2.75, 3.05) is 12.3 Å². The number of hydrogen-bond acceptors (Lipinski definition) is 7. The molecule has 0 saturated carbocycles. The summed E-state index contributed by atoms with van der Waals surface area (Å²) >= 11 is 0. The highest BCUT2D eigenvalue weighted by Gasteiger charge is 2.43. The number of nitrogens with zero attached hydrogens (tertiary/aromatic N) is 3. The maximum atomic E-state index is 13.1. The van der Waals surface area contributed by atoms with Crippen LogP contribution < -0.4 is 5.73 Å². The smallest absolute Gasteiger partial charge is 0.164 e. The number of hydrogen-bond donors (Lipinski definition) is 4. The zero-order chi connectivity index (χ0) is 15.1. The van der Waals surface area contributed by atoms with E-state index in [1.165, 1.54) is 17.1 Å². The topological polar surface area (TPSA) is 127 Å². The van der Waals surface area contributed by atoms with E-state index in [9.17, 15) is 14.6 Å². The van der Waals surface area contributed by atoms with E-state index in [2.05, 4.69) is 9.97 Å². The number of aliphatic hydroxyl groups is 3. The van der Waals surface area contributed by atoms with E-state index in [4.69, 9.17) is 15.6 Å². The van der Waals surface area contributed by atoms with Crippen LogP contribution in [0.25, 0.3) is 11.0 Å². The number of halogens is 1. The fourth-order valence-corrected chi connectivity index (χ4v) is 2.54. The van der Waals surface area contributed by atoms with Crippen molar-refractivity contribution >= 4 is 16.9 Å². The average molecular weight is 298 g/mol. The number of alkyl halides is 1. The van der Waals surface area contributed by atoms with E-state index in [-0.39, 0.29) is 11.4 Å². The van der Waals surface area contributed by atoms with Gasteiger partial charge in [0.1, 0.15) is 30.5 Å². The summed E-state index contributed by atoms with van der Waals surface area (Å²) in [5.74, 6) is 0.132. The number of aromatic nitrogens is 3. The minimum absolute atomic E-state index is 0.132. The molecule has 3 rings (SSSR count). The Hall–Kier alpha value is -1.81. The number of ether oxygens (including phenoxy) is 1. The number of nitrogens with two attached hydrogens (primary N) is 1. The first-order chi connectivity index (χ1) is 10.1. The Morgan fingerprint density at radius 2 is 2.10 bits per heavy atom. The highest BCUT2D eigenvalue weighted by molar-refractivity contribution is 5.87. The quantitative estimate of drug-likeness (QED) is 0.578. The summed E-state index contributed by atoms with van der Waals surface area (Å²) in [4.78, 5) is 7.91. The van der Waals surface area contributed by atoms with E-state index in [1.807, 2.05) is 0 Å². The van der Waals surface area contributed by atoms with Gasteiger partial charge in [-0.1, -0.05) is 0 Å². The third-order valence-corrected chi connectivity index (χ3v) is 3.64. The SMILES string of the molecule is Nc1ncc(CF)c2c1ncn2[C@@H]1O[C@H](CO)[C@@H](O)[C@H]1O. The summed E-state index contributed by atoms with van der Waals surface area (Å²) in [7, 11) is 0. The lowest BCUT2D eigenvalue weighted by Gasteiger charge is -2.18. The molecule has 1 aliphatic heterocycles. The van der Waals surface area contributed by atoms with E-state index in [0.29, 0.717) is 11.0 Å². The maximum Gasteiger partial charge on any atom is 0.164 e. The Labute approximate surface area is 118 Å².